The molecule has 0 bridgehead atoms. The van der Waals surface area contributed by atoms with Crippen molar-refractivity contribution in [2.45, 2.75) is 57.5 Å². The van der Waals surface area contributed by atoms with Crippen LogP contribution in [0.3, 0.4) is 0 Å². The van der Waals surface area contributed by atoms with Crippen LogP contribution in [0.15, 0.2) is 53.5 Å². The second kappa shape index (κ2) is 14.9. The minimum atomic E-state index is -0.530. The van der Waals surface area contributed by atoms with Gasteiger partial charge >= 0.3 is 5.69 Å². The van der Waals surface area contributed by atoms with E-state index in [2.05, 4.69) is 14.9 Å². The number of H-pyrrole nitrogens is 1. The Labute approximate surface area is 271 Å². The molecule has 1 aliphatic rings. The normalized spacial score (nSPS) is 17.7. The molecule has 0 saturated carbocycles. The summed E-state index contributed by atoms with van der Waals surface area (Å²) in [7, 11) is 0. The summed E-state index contributed by atoms with van der Waals surface area (Å²) in [6.45, 7) is 3.16. The smallest absolute Gasteiger partial charge is 0.354 e. The van der Waals surface area contributed by atoms with Crippen molar-refractivity contribution in [3.05, 3.63) is 81.1 Å². The first-order chi connectivity index (χ1) is 21.6. The zero-order chi connectivity index (χ0) is 32.1. The zero-order valence-corrected chi connectivity index (χ0v) is 26.9. The molecule has 6 N–H and O–H groups in total. The van der Waals surface area contributed by atoms with E-state index in [0.717, 1.165) is 55.5 Å². The second-order valence-corrected chi connectivity index (χ2v) is 13.5. The molecule has 1 fully saturated rings. The molecule has 1 saturated heterocycles. The van der Waals surface area contributed by atoms with E-state index in [9.17, 15) is 9.18 Å². The van der Waals surface area contributed by atoms with E-state index in [1.54, 1.807) is 24.4 Å². The Hall–Kier alpha value is -3.25. The van der Waals surface area contributed by atoms with Gasteiger partial charge in [-0.1, -0.05) is 35.5 Å². The molecular formula is C33H40ClF2N7OS. The number of alkyl halides is 1. The number of thioether (sulfide) groups is 1. The zero-order valence-electron chi connectivity index (χ0n) is 25.4. The molecule has 1 aliphatic heterocycles. The van der Waals surface area contributed by atoms with Crippen LogP contribution in [0.4, 0.5) is 8.78 Å². The molecule has 2 aromatic heterocycles. The summed E-state index contributed by atoms with van der Waals surface area (Å²) in [5, 5.41) is 8.28. The van der Waals surface area contributed by atoms with Gasteiger partial charge in [0.25, 0.3) is 0 Å². The summed E-state index contributed by atoms with van der Waals surface area (Å²) in [5.74, 6) is 0.701. The number of fused-ring (bicyclic) bond motifs is 1. The van der Waals surface area contributed by atoms with Gasteiger partial charge in [-0.25, -0.2) is 9.18 Å². The molecule has 0 unspecified atom stereocenters. The summed E-state index contributed by atoms with van der Waals surface area (Å²) in [6.07, 6.45) is 6.52. The first kappa shape index (κ1) is 33.1. The lowest BCUT2D eigenvalue weighted by Gasteiger charge is -2.24. The number of benzene rings is 2. The van der Waals surface area contributed by atoms with Crippen LogP contribution in [-0.4, -0.2) is 56.2 Å². The highest BCUT2D eigenvalue weighted by atomic mass is 35.5. The van der Waals surface area contributed by atoms with Gasteiger partial charge < -0.3 is 16.5 Å². The summed E-state index contributed by atoms with van der Waals surface area (Å²) in [5.41, 5.74) is 14.8. The number of nitrogens with two attached hydrogens (primary N) is 2. The summed E-state index contributed by atoms with van der Waals surface area (Å²) < 4.78 is 29.7. The van der Waals surface area contributed by atoms with Crippen LogP contribution in [0.25, 0.3) is 28.0 Å². The van der Waals surface area contributed by atoms with E-state index in [0.29, 0.717) is 46.9 Å². The van der Waals surface area contributed by atoms with Crippen LogP contribution in [0, 0.1) is 17.1 Å². The number of hydrogen-bond acceptors (Lipinski definition) is 6. The fraction of sp³-hybridized carbons (Fsp3) is 0.424. The third kappa shape index (κ3) is 8.13. The fourth-order valence-corrected chi connectivity index (χ4v) is 7.11. The van der Waals surface area contributed by atoms with Crippen molar-refractivity contribution in [3.63, 3.8) is 0 Å². The molecule has 12 heteroatoms. The standard InChI is InChI=1S/C33H40ClF2N7OS/c1-20(37)4-2-5-21-14-26(30(36)27(34)15-21)28-17-24-19-43(33(44)41-31(24)40-28)25-8-6-23(7-9-25)29-16-22(10-13-45-32(38)39)18-42(29)12-3-11-35/h6-9,14-15,17,19-20,22,29H,2-5,10-13,16,18,37H2,1H3,(H3,38,39)(H,40,41,44)/t20-,22-,29+/m0/s1. The Kier molecular flexibility index (Phi) is 11.0. The number of likely N-dealkylation sites (tertiary alicyclic amines) is 1. The van der Waals surface area contributed by atoms with Crippen molar-refractivity contribution in [1.82, 2.24) is 19.4 Å². The average Bonchev–Trinajstić information content (AvgIpc) is 3.60. The highest BCUT2D eigenvalue weighted by Gasteiger charge is 2.32. The summed E-state index contributed by atoms with van der Waals surface area (Å²) in [4.78, 5) is 22.8. The highest BCUT2D eigenvalue weighted by molar-refractivity contribution is 8.13. The largest absolute Gasteiger partial charge is 0.379 e. The first-order valence-electron chi connectivity index (χ1n) is 15.4. The summed E-state index contributed by atoms with van der Waals surface area (Å²) >= 11 is 7.61. The number of nitrogens with zero attached hydrogens (tertiary/aromatic N) is 3. The Bertz CT molecular complexity index is 1690. The molecule has 240 valence electrons. The molecule has 0 radical (unpaired) electrons. The van der Waals surface area contributed by atoms with E-state index in [1.165, 1.54) is 16.3 Å². The van der Waals surface area contributed by atoms with Crippen LogP contribution >= 0.6 is 23.4 Å². The number of aromatic amines is 1. The van der Waals surface area contributed by atoms with E-state index in [4.69, 9.17) is 28.5 Å². The maximum atomic E-state index is 15.2. The first-order valence-corrected chi connectivity index (χ1v) is 16.7. The van der Waals surface area contributed by atoms with Gasteiger partial charge in [0.05, 0.1) is 23.1 Å². The number of nitrogens with one attached hydrogen (secondary N) is 2. The molecule has 5 rings (SSSR count). The topological polar surface area (TPSA) is 130 Å². The number of hydrogen-bond donors (Lipinski definition) is 4. The molecule has 3 atom stereocenters. The average molecular weight is 656 g/mol. The fourth-order valence-electron chi connectivity index (χ4n) is 6.20. The van der Waals surface area contributed by atoms with Crippen LogP contribution < -0.4 is 17.2 Å². The van der Waals surface area contributed by atoms with Crippen LogP contribution in [0.1, 0.15) is 56.2 Å². The second-order valence-electron chi connectivity index (χ2n) is 11.9. The molecule has 45 heavy (non-hydrogen) atoms. The van der Waals surface area contributed by atoms with E-state index in [-0.39, 0.29) is 28.9 Å². The lowest BCUT2D eigenvalue weighted by atomic mass is 9.98. The molecule has 0 spiro atoms. The maximum Gasteiger partial charge on any atom is 0.354 e. The van der Waals surface area contributed by atoms with Crippen molar-refractivity contribution < 1.29 is 8.78 Å². The van der Waals surface area contributed by atoms with Crippen molar-refractivity contribution >= 4 is 39.6 Å². The third-order valence-electron chi connectivity index (χ3n) is 8.42. The number of aryl methyl sites for hydroxylation is 1. The minimum Gasteiger partial charge on any atom is -0.379 e. The van der Waals surface area contributed by atoms with Crippen molar-refractivity contribution in [1.29, 1.82) is 5.41 Å². The Morgan fingerprint density at radius 3 is 2.73 bits per heavy atom. The monoisotopic (exact) mass is 655 g/mol. The highest BCUT2D eigenvalue weighted by Crippen LogP contribution is 2.38. The minimum absolute atomic E-state index is 0.0429. The van der Waals surface area contributed by atoms with Gasteiger partial charge in [-0.05, 0) is 92.8 Å². The Morgan fingerprint density at radius 2 is 2.02 bits per heavy atom. The Morgan fingerprint density at radius 1 is 1.24 bits per heavy atom. The molecule has 2 aromatic carbocycles. The van der Waals surface area contributed by atoms with Crippen molar-refractivity contribution in [3.8, 4) is 16.9 Å². The van der Waals surface area contributed by atoms with E-state index in [1.807, 2.05) is 31.2 Å². The number of halogens is 3. The molecule has 3 heterocycles. The predicted molar refractivity (Wildman–Crippen MR) is 181 cm³/mol. The van der Waals surface area contributed by atoms with Gasteiger partial charge in [0, 0.05) is 48.1 Å². The number of aromatic nitrogens is 3. The third-order valence-corrected chi connectivity index (χ3v) is 9.45. The summed E-state index contributed by atoms with van der Waals surface area (Å²) in [6, 6.07) is 13.3. The maximum absolute atomic E-state index is 15.2. The number of rotatable bonds is 13. The number of amidine groups is 1. The molecule has 0 aliphatic carbocycles. The van der Waals surface area contributed by atoms with E-state index >= 15 is 4.39 Å². The van der Waals surface area contributed by atoms with Gasteiger partial charge in [-0.15, -0.1) is 0 Å². The van der Waals surface area contributed by atoms with Gasteiger partial charge in [-0.3, -0.25) is 19.3 Å². The van der Waals surface area contributed by atoms with Gasteiger partial charge in [0.1, 0.15) is 5.65 Å². The van der Waals surface area contributed by atoms with Crippen LogP contribution in [-0.2, 0) is 6.42 Å². The molecular weight excluding hydrogens is 616 g/mol. The van der Waals surface area contributed by atoms with Gasteiger partial charge in [0.15, 0.2) is 11.0 Å². The van der Waals surface area contributed by atoms with Gasteiger partial charge in [0.2, 0.25) is 0 Å². The molecule has 0 amide bonds. The quantitative estimate of drug-likeness (QED) is 0.0951. The van der Waals surface area contributed by atoms with Crippen molar-refractivity contribution in [2.24, 2.45) is 17.4 Å². The lowest BCUT2D eigenvalue weighted by molar-refractivity contribution is 0.240. The van der Waals surface area contributed by atoms with Crippen LogP contribution in [0.5, 0.6) is 0 Å². The molecule has 4 aromatic rings. The SMILES string of the molecule is C[C@H](N)CCCc1cc(Cl)c(F)c(-c2cc3cn(-c4ccc([C@H]5C[C@H](CCSC(=N)N)CN5CCCF)cc4)c(=O)nc3[nH]2)c1. The molecule has 8 nitrogen and oxygen atoms in total. The van der Waals surface area contributed by atoms with E-state index < -0.39 is 11.5 Å². The van der Waals surface area contributed by atoms with Crippen LogP contribution in [0.2, 0.25) is 5.02 Å². The van der Waals surface area contributed by atoms with Gasteiger partial charge in [-0.2, -0.15) is 4.98 Å². The predicted octanol–water partition coefficient (Wildman–Crippen LogP) is 6.58. The van der Waals surface area contributed by atoms with Crippen molar-refractivity contribution in [2.75, 3.05) is 25.5 Å². The Balaban J connectivity index is 1.37. The lowest BCUT2D eigenvalue weighted by Crippen LogP contribution is -2.26.